The van der Waals surface area contributed by atoms with Crippen molar-refractivity contribution in [3.63, 3.8) is 0 Å². The molecule has 2 amide bonds. The zero-order chi connectivity index (χ0) is 21.6. The molecule has 0 bridgehead atoms. The lowest BCUT2D eigenvalue weighted by Gasteiger charge is -2.34. The minimum absolute atomic E-state index is 0.0746. The van der Waals surface area contributed by atoms with E-state index in [-0.39, 0.29) is 36.5 Å². The molecule has 1 saturated heterocycles. The van der Waals surface area contributed by atoms with Crippen LogP contribution in [0.2, 0.25) is 0 Å². The first-order valence-corrected chi connectivity index (χ1v) is 11.2. The van der Waals surface area contributed by atoms with Crippen LogP contribution in [0.15, 0.2) is 27.2 Å². The molecule has 4 aliphatic rings. The second kappa shape index (κ2) is 10.1. The number of hydrogen-bond donors (Lipinski definition) is 5. The van der Waals surface area contributed by atoms with Gasteiger partial charge in [0.05, 0.1) is 35.8 Å². The molecule has 4 aliphatic heterocycles. The second-order valence-electron chi connectivity index (χ2n) is 7.41. The van der Waals surface area contributed by atoms with Crippen molar-refractivity contribution in [3.05, 3.63) is 17.2 Å². The highest BCUT2D eigenvalue weighted by atomic mass is 32.2. The van der Waals surface area contributed by atoms with E-state index in [1.165, 1.54) is 11.8 Å². The number of nitrogens with zero attached hydrogens (tertiary/aromatic N) is 4. The van der Waals surface area contributed by atoms with Crippen LogP contribution in [0.1, 0.15) is 6.42 Å². The minimum atomic E-state index is -0.608. The van der Waals surface area contributed by atoms with Gasteiger partial charge in [0.25, 0.3) is 5.91 Å². The van der Waals surface area contributed by atoms with Gasteiger partial charge in [0, 0.05) is 38.3 Å². The summed E-state index contributed by atoms with van der Waals surface area (Å²) in [7, 11) is 0. The van der Waals surface area contributed by atoms with Crippen LogP contribution < -0.4 is 26.6 Å². The zero-order valence-electron chi connectivity index (χ0n) is 16.9. The molecule has 4 heterocycles. The topological polar surface area (TPSA) is 146 Å². The number of allylic oxidation sites excluding steroid dienone is 1. The fourth-order valence-corrected chi connectivity index (χ4v) is 4.66. The lowest BCUT2D eigenvalue weighted by Crippen LogP contribution is -2.57. The van der Waals surface area contributed by atoms with Crippen molar-refractivity contribution >= 4 is 35.3 Å². The first-order valence-electron chi connectivity index (χ1n) is 10.3. The van der Waals surface area contributed by atoms with Gasteiger partial charge in [-0.1, -0.05) is 0 Å². The molecule has 31 heavy (non-hydrogen) atoms. The first kappa shape index (κ1) is 21.5. The molecule has 0 aromatic carbocycles. The Morgan fingerprint density at radius 3 is 3.06 bits per heavy atom. The molecule has 12 heteroatoms. The number of nitrogens with one attached hydrogen (secondary N) is 5. The molecule has 4 unspecified atom stereocenters. The Balaban J connectivity index is 1.25. The van der Waals surface area contributed by atoms with Crippen molar-refractivity contribution in [2.45, 2.75) is 24.7 Å². The van der Waals surface area contributed by atoms with Crippen LogP contribution in [0.3, 0.4) is 0 Å². The smallest absolute Gasteiger partial charge is 0.259 e. The third-order valence-corrected chi connectivity index (χ3v) is 6.34. The fraction of sp³-hybridized carbons (Fsp3) is 0.579. The Labute approximate surface area is 184 Å². The van der Waals surface area contributed by atoms with E-state index in [1.807, 2.05) is 11.1 Å². The van der Waals surface area contributed by atoms with Gasteiger partial charge in [-0.3, -0.25) is 30.5 Å². The molecule has 0 aliphatic carbocycles. The van der Waals surface area contributed by atoms with E-state index in [2.05, 4.69) is 48.5 Å². The number of amides is 2. The van der Waals surface area contributed by atoms with Crippen LogP contribution in [0.25, 0.3) is 0 Å². The number of fused-ring (bicyclic) bond motifs is 1. The van der Waals surface area contributed by atoms with Crippen LogP contribution in [0.5, 0.6) is 0 Å². The van der Waals surface area contributed by atoms with Crippen LogP contribution in [0.4, 0.5) is 0 Å². The van der Waals surface area contributed by atoms with E-state index in [1.54, 1.807) is 6.08 Å². The molecule has 0 radical (unpaired) electrons. The number of carbonyl (C=O) groups excluding carboxylic acids is 2. The maximum Gasteiger partial charge on any atom is 0.259 e. The summed E-state index contributed by atoms with van der Waals surface area (Å²) >= 11 is 1.51. The Morgan fingerprint density at radius 1 is 1.32 bits per heavy atom. The normalized spacial score (nSPS) is 29.5. The number of amidine groups is 1. The summed E-state index contributed by atoms with van der Waals surface area (Å²) < 4.78 is 0. The summed E-state index contributed by atoms with van der Waals surface area (Å²) in [4.78, 5) is 36.0. The molecule has 11 nitrogen and oxygen atoms in total. The van der Waals surface area contributed by atoms with E-state index in [4.69, 9.17) is 5.26 Å². The van der Waals surface area contributed by atoms with Crippen LogP contribution in [0, 0.1) is 17.2 Å². The third-order valence-electron chi connectivity index (χ3n) is 5.35. The highest BCUT2D eigenvalue weighted by molar-refractivity contribution is 8.04. The lowest BCUT2D eigenvalue weighted by atomic mass is 9.99. The number of carbonyl (C=O) groups is 2. The minimum Gasteiger partial charge on any atom is -0.352 e. The number of rotatable bonds is 5. The van der Waals surface area contributed by atoms with Crippen molar-refractivity contribution in [1.82, 2.24) is 31.5 Å². The van der Waals surface area contributed by atoms with Crippen molar-refractivity contribution < 1.29 is 9.59 Å². The highest BCUT2D eigenvalue weighted by Gasteiger charge is 2.36. The van der Waals surface area contributed by atoms with Gasteiger partial charge in [0.2, 0.25) is 5.91 Å². The summed E-state index contributed by atoms with van der Waals surface area (Å²) in [5.74, 6) is 3.57. The van der Waals surface area contributed by atoms with E-state index < -0.39 is 6.04 Å². The predicted octanol–water partition coefficient (Wildman–Crippen LogP) is -1.95. The predicted molar refractivity (Wildman–Crippen MR) is 117 cm³/mol. The lowest BCUT2D eigenvalue weighted by molar-refractivity contribution is -0.123. The quantitative estimate of drug-likeness (QED) is 0.308. The van der Waals surface area contributed by atoms with Gasteiger partial charge in [-0.15, -0.1) is 11.8 Å². The molecule has 0 aromatic heterocycles. The van der Waals surface area contributed by atoms with Gasteiger partial charge in [0.1, 0.15) is 11.9 Å². The summed E-state index contributed by atoms with van der Waals surface area (Å²) in [5.41, 5.74) is 0. The average molecular weight is 444 g/mol. The summed E-state index contributed by atoms with van der Waals surface area (Å²) in [6, 6.07) is 1.57. The van der Waals surface area contributed by atoms with E-state index in [9.17, 15) is 9.59 Å². The van der Waals surface area contributed by atoms with Crippen molar-refractivity contribution in [1.29, 1.82) is 5.26 Å². The van der Waals surface area contributed by atoms with E-state index in [0.29, 0.717) is 31.2 Å². The van der Waals surface area contributed by atoms with Gasteiger partial charge in [-0.2, -0.15) is 5.26 Å². The number of nitriles is 1. The SMILES string of the molecule is N#CC1C=C=NC(C(=O)NCCNC(=O)C2=CN(C3=NCNC4NCNC34)CCS2)C1. The van der Waals surface area contributed by atoms with Gasteiger partial charge in [-0.25, -0.2) is 4.99 Å². The first-order chi connectivity index (χ1) is 15.2. The molecular weight excluding hydrogens is 418 g/mol. The van der Waals surface area contributed by atoms with Crippen molar-refractivity contribution in [3.8, 4) is 6.07 Å². The summed E-state index contributed by atoms with van der Waals surface area (Å²) in [5, 5.41) is 24.6. The largest absolute Gasteiger partial charge is 0.352 e. The van der Waals surface area contributed by atoms with Crippen molar-refractivity contribution in [2.75, 3.05) is 38.7 Å². The van der Waals surface area contributed by atoms with Crippen molar-refractivity contribution in [2.24, 2.45) is 15.9 Å². The highest BCUT2D eigenvalue weighted by Crippen LogP contribution is 2.23. The molecule has 5 N–H and O–H groups in total. The second-order valence-corrected chi connectivity index (χ2v) is 8.55. The molecule has 4 atom stereocenters. The number of thioether (sulfide) groups is 1. The molecule has 1 fully saturated rings. The van der Waals surface area contributed by atoms with Gasteiger partial charge in [0.15, 0.2) is 0 Å². The Hall–Kier alpha value is -2.68. The molecule has 0 aromatic rings. The molecular formula is C19H25N9O2S. The maximum absolute atomic E-state index is 12.6. The maximum atomic E-state index is 12.6. The fourth-order valence-electron chi connectivity index (χ4n) is 3.75. The Bertz CT molecular complexity index is 889. The molecule has 164 valence electrons. The van der Waals surface area contributed by atoms with Crippen LogP contribution in [-0.4, -0.2) is 85.4 Å². The molecule has 4 rings (SSSR count). The van der Waals surface area contributed by atoms with Crippen LogP contribution in [-0.2, 0) is 9.59 Å². The number of hydrogen-bond acceptors (Lipinski definition) is 10. The monoisotopic (exact) mass is 443 g/mol. The Morgan fingerprint density at radius 2 is 2.19 bits per heavy atom. The van der Waals surface area contributed by atoms with E-state index in [0.717, 1.165) is 18.1 Å². The van der Waals surface area contributed by atoms with E-state index >= 15 is 0 Å². The third kappa shape index (κ3) is 5.15. The molecule has 0 spiro atoms. The van der Waals surface area contributed by atoms with Crippen LogP contribution >= 0.6 is 11.8 Å². The standard InChI is InChI=1S/C19H25N9O2S/c20-8-12-1-2-21-13(7-12)18(29)22-3-4-23-19(30)14-9-28(5-6-31-14)17-15-16(25-10-24-15)26-11-27-17/h1,9,12-13,15-16,24-26H,3-7,10-11H2,(H,22,29)(H,23,30). The van der Waals surface area contributed by atoms with Gasteiger partial charge < -0.3 is 15.5 Å². The van der Waals surface area contributed by atoms with Gasteiger partial charge >= 0.3 is 0 Å². The average Bonchev–Trinajstić information content (AvgIpc) is 3.30. The summed E-state index contributed by atoms with van der Waals surface area (Å²) in [6.45, 7) is 2.64. The zero-order valence-corrected chi connectivity index (χ0v) is 17.7. The summed E-state index contributed by atoms with van der Waals surface area (Å²) in [6.07, 6.45) is 3.92. The number of aliphatic imine (C=N–C) groups is 2. The molecule has 0 saturated carbocycles. The van der Waals surface area contributed by atoms with Gasteiger partial charge in [-0.05, 0) is 18.4 Å². The Kier molecular flexibility index (Phi) is 7.01.